The number of hydrogen-bond donors (Lipinski definition) is 1. The predicted molar refractivity (Wildman–Crippen MR) is 74.4 cm³/mol. The Balaban J connectivity index is 2.36. The summed E-state index contributed by atoms with van der Waals surface area (Å²) in [6.07, 6.45) is 0. The fourth-order valence-electron chi connectivity index (χ4n) is 1.70. The number of hydrogen-bond acceptors (Lipinski definition) is 3. The molecule has 1 N–H and O–H groups in total. The lowest BCUT2D eigenvalue weighted by atomic mass is 10.2. The highest BCUT2D eigenvalue weighted by Gasteiger charge is 2.20. The fourth-order valence-corrected chi connectivity index (χ4v) is 2.90. The molecule has 0 heterocycles. The van der Waals surface area contributed by atoms with Crippen molar-refractivity contribution in [2.45, 2.75) is 11.5 Å². The van der Waals surface area contributed by atoms with Gasteiger partial charge in [-0.05, 0) is 29.8 Å². The van der Waals surface area contributed by atoms with Crippen molar-refractivity contribution in [3.63, 3.8) is 0 Å². The van der Waals surface area contributed by atoms with Gasteiger partial charge in [0.25, 0.3) is 10.0 Å². The molecule has 0 aliphatic heterocycles. The molecule has 2 aromatic carbocycles. The summed E-state index contributed by atoms with van der Waals surface area (Å²) < 4.78 is 26.0. The zero-order valence-electron chi connectivity index (χ0n) is 10.5. The van der Waals surface area contributed by atoms with Crippen LogP contribution >= 0.6 is 0 Å². The van der Waals surface area contributed by atoms with Gasteiger partial charge in [0.2, 0.25) is 0 Å². The minimum Gasteiger partial charge on any atom is -0.392 e. The molecule has 100 valence electrons. The van der Waals surface area contributed by atoms with Gasteiger partial charge in [0.05, 0.1) is 17.2 Å². The van der Waals surface area contributed by atoms with Crippen molar-refractivity contribution in [1.82, 2.24) is 0 Å². The highest BCUT2D eigenvalue weighted by molar-refractivity contribution is 7.92. The van der Waals surface area contributed by atoms with E-state index in [0.717, 1.165) is 0 Å². The topological polar surface area (TPSA) is 57.6 Å². The number of rotatable bonds is 4. The van der Waals surface area contributed by atoms with Gasteiger partial charge >= 0.3 is 0 Å². The van der Waals surface area contributed by atoms with Crippen LogP contribution < -0.4 is 4.31 Å². The third kappa shape index (κ3) is 2.77. The van der Waals surface area contributed by atoms with Gasteiger partial charge in [-0.1, -0.05) is 30.3 Å². The van der Waals surface area contributed by atoms with Crippen LogP contribution in [-0.2, 0) is 16.6 Å². The summed E-state index contributed by atoms with van der Waals surface area (Å²) in [6.45, 7) is -0.102. The Morgan fingerprint density at radius 3 is 2.11 bits per heavy atom. The Kier molecular flexibility index (Phi) is 3.87. The summed E-state index contributed by atoms with van der Waals surface area (Å²) in [6, 6.07) is 15.1. The van der Waals surface area contributed by atoms with Gasteiger partial charge in [0.15, 0.2) is 0 Å². The van der Waals surface area contributed by atoms with Crippen molar-refractivity contribution in [3.8, 4) is 0 Å². The Hall–Kier alpha value is -1.85. The zero-order chi connectivity index (χ0) is 13.9. The van der Waals surface area contributed by atoms with Crippen LogP contribution in [0.5, 0.6) is 0 Å². The van der Waals surface area contributed by atoms with Gasteiger partial charge in [-0.3, -0.25) is 4.31 Å². The Morgan fingerprint density at radius 1 is 1.00 bits per heavy atom. The molecule has 0 amide bonds. The summed E-state index contributed by atoms with van der Waals surface area (Å²) in [5.41, 5.74) is 1.29. The maximum Gasteiger partial charge on any atom is 0.264 e. The van der Waals surface area contributed by atoms with Crippen molar-refractivity contribution in [1.29, 1.82) is 0 Å². The number of para-hydroxylation sites is 1. The third-order valence-electron chi connectivity index (χ3n) is 2.88. The van der Waals surface area contributed by atoms with E-state index in [1.54, 1.807) is 36.4 Å². The van der Waals surface area contributed by atoms with Crippen molar-refractivity contribution >= 4 is 15.7 Å². The van der Waals surface area contributed by atoms with E-state index in [9.17, 15) is 8.42 Å². The molecule has 5 heteroatoms. The first kappa shape index (κ1) is 13.6. The van der Waals surface area contributed by atoms with Crippen LogP contribution in [0.1, 0.15) is 5.56 Å². The molecule has 0 saturated heterocycles. The first-order valence-electron chi connectivity index (χ1n) is 5.79. The number of nitrogens with zero attached hydrogens (tertiary/aromatic N) is 1. The van der Waals surface area contributed by atoms with Gasteiger partial charge in [0, 0.05) is 7.05 Å². The molecule has 19 heavy (non-hydrogen) atoms. The molecule has 2 rings (SSSR count). The molecule has 0 fully saturated rings. The minimum atomic E-state index is -3.57. The number of anilines is 1. The summed E-state index contributed by atoms with van der Waals surface area (Å²) in [5, 5.41) is 8.96. The smallest absolute Gasteiger partial charge is 0.264 e. The molecule has 0 saturated carbocycles. The van der Waals surface area contributed by atoms with Crippen LogP contribution in [-0.4, -0.2) is 20.6 Å². The predicted octanol–water partition coefficient (Wildman–Crippen LogP) is 2.00. The lowest BCUT2D eigenvalue weighted by Crippen LogP contribution is -2.26. The molecule has 2 aromatic rings. The van der Waals surface area contributed by atoms with E-state index in [2.05, 4.69) is 0 Å². The van der Waals surface area contributed by atoms with Gasteiger partial charge in [-0.25, -0.2) is 8.42 Å². The van der Waals surface area contributed by atoms with Crippen LogP contribution in [0.15, 0.2) is 59.5 Å². The highest BCUT2D eigenvalue weighted by Crippen LogP contribution is 2.21. The van der Waals surface area contributed by atoms with Gasteiger partial charge < -0.3 is 5.11 Å². The molecule has 0 unspecified atom stereocenters. The van der Waals surface area contributed by atoms with E-state index in [1.165, 1.54) is 23.5 Å². The van der Waals surface area contributed by atoms with Crippen LogP contribution in [0, 0.1) is 0 Å². The fraction of sp³-hybridized carbons (Fsp3) is 0.143. The largest absolute Gasteiger partial charge is 0.392 e. The summed E-state index contributed by atoms with van der Waals surface area (Å²) >= 11 is 0. The quantitative estimate of drug-likeness (QED) is 0.930. The van der Waals surface area contributed by atoms with Crippen LogP contribution in [0.2, 0.25) is 0 Å². The molecule has 0 bridgehead atoms. The van der Waals surface area contributed by atoms with E-state index in [4.69, 9.17) is 5.11 Å². The minimum absolute atomic E-state index is 0.102. The van der Waals surface area contributed by atoms with Crippen LogP contribution in [0.25, 0.3) is 0 Å². The summed E-state index contributed by atoms with van der Waals surface area (Å²) in [5.74, 6) is 0. The van der Waals surface area contributed by atoms with E-state index in [1.807, 2.05) is 6.07 Å². The normalized spacial score (nSPS) is 11.3. The van der Waals surface area contributed by atoms with Gasteiger partial charge in [-0.15, -0.1) is 0 Å². The second-order valence-electron chi connectivity index (χ2n) is 4.11. The van der Waals surface area contributed by atoms with E-state index in [-0.39, 0.29) is 11.5 Å². The van der Waals surface area contributed by atoms with Crippen LogP contribution in [0.4, 0.5) is 5.69 Å². The Morgan fingerprint density at radius 2 is 1.58 bits per heavy atom. The molecule has 0 atom stereocenters. The first-order chi connectivity index (χ1) is 9.05. The zero-order valence-corrected chi connectivity index (χ0v) is 11.3. The maximum absolute atomic E-state index is 12.4. The second kappa shape index (κ2) is 5.42. The highest BCUT2D eigenvalue weighted by atomic mass is 32.2. The SMILES string of the molecule is CN(c1ccccc1)S(=O)(=O)c1ccc(CO)cc1. The van der Waals surface area contributed by atoms with E-state index >= 15 is 0 Å². The van der Waals surface area contributed by atoms with Crippen molar-refractivity contribution in [2.75, 3.05) is 11.4 Å². The lowest BCUT2D eigenvalue weighted by molar-refractivity contribution is 0.282. The lowest BCUT2D eigenvalue weighted by Gasteiger charge is -2.19. The average Bonchev–Trinajstić information content (AvgIpc) is 2.47. The molecule has 0 aliphatic rings. The summed E-state index contributed by atoms with van der Waals surface area (Å²) in [7, 11) is -2.05. The van der Waals surface area contributed by atoms with Gasteiger partial charge in [-0.2, -0.15) is 0 Å². The molecule has 0 spiro atoms. The number of aliphatic hydroxyl groups excluding tert-OH is 1. The Bertz CT molecular complexity index is 636. The molecular formula is C14H15NO3S. The maximum atomic E-state index is 12.4. The molecule has 0 radical (unpaired) electrons. The third-order valence-corrected chi connectivity index (χ3v) is 4.68. The number of sulfonamides is 1. The van der Waals surface area contributed by atoms with E-state index in [0.29, 0.717) is 11.3 Å². The first-order valence-corrected chi connectivity index (χ1v) is 7.23. The van der Waals surface area contributed by atoms with Crippen LogP contribution in [0.3, 0.4) is 0 Å². The van der Waals surface area contributed by atoms with Crippen molar-refractivity contribution < 1.29 is 13.5 Å². The second-order valence-corrected chi connectivity index (χ2v) is 6.08. The number of aliphatic hydroxyl groups is 1. The molecule has 4 nitrogen and oxygen atoms in total. The van der Waals surface area contributed by atoms with Gasteiger partial charge in [0.1, 0.15) is 0 Å². The average molecular weight is 277 g/mol. The molecular weight excluding hydrogens is 262 g/mol. The standard InChI is InChI=1S/C14H15NO3S/c1-15(13-5-3-2-4-6-13)19(17,18)14-9-7-12(11-16)8-10-14/h2-10,16H,11H2,1H3. The number of benzene rings is 2. The molecule has 0 aliphatic carbocycles. The van der Waals surface area contributed by atoms with Crippen molar-refractivity contribution in [3.05, 3.63) is 60.2 Å². The Labute approximate surface area is 113 Å². The monoisotopic (exact) mass is 277 g/mol. The summed E-state index contributed by atoms with van der Waals surface area (Å²) in [4.78, 5) is 0.205. The van der Waals surface area contributed by atoms with Crippen molar-refractivity contribution in [2.24, 2.45) is 0 Å². The molecule has 0 aromatic heterocycles. The van der Waals surface area contributed by atoms with E-state index < -0.39 is 10.0 Å².